The second-order valence-electron chi connectivity index (χ2n) is 5.53. The summed E-state index contributed by atoms with van der Waals surface area (Å²) >= 11 is 7.46. The predicted octanol–water partition coefficient (Wildman–Crippen LogP) is 3.24. The topological polar surface area (TPSA) is 84.2 Å². The maximum atomic E-state index is 11.9. The highest BCUT2D eigenvalue weighted by molar-refractivity contribution is 7.99. The van der Waals surface area contributed by atoms with Crippen LogP contribution in [0.1, 0.15) is 22.6 Å². The summed E-state index contributed by atoms with van der Waals surface area (Å²) in [5.74, 6) is 1.17. The monoisotopic (exact) mass is 381 g/mol. The molecule has 134 valence electrons. The molecule has 0 unspecified atom stereocenters. The van der Waals surface area contributed by atoms with Crippen LogP contribution in [0.5, 0.6) is 0 Å². The highest BCUT2D eigenvalue weighted by Gasteiger charge is 2.11. The van der Waals surface area contributed by atoms with Crippen molar-refractivity contribution >= 4 is 40.9 Å². The van der Waals surface area contributed by atoms with Crippen LogP contribution in [0, 0.1) is 20.8 Å². The Hall–Kier alpha value is -1.99. The summed E-state index contributed by atoms with van der Waals surface area (Å²) < 4.78 is 5.08. The van der Waals surface area contributed by atoms with E-state index in [0.717, 1.165) is 22.6 Å². The number of anilines is 1. The second kappa shape index (κ2) is 8.92. The molecule has 0 aliphatic carbocycles. The highest BCUT2D eigenvalue weighted by Crippen LogP contribution is 2.22. The Morgan fingerprint density at radius 2 is 2.00 bits per heavy atom. The van der Waals surface area contributed by atoms with Crippen molar-refractivity contribution in [2.45, 2.75) is 26.5 Å². The standard InChI is InChI=1S/C17H20ClN3O3S/c1-10-14(18)5-4-6-15(10)20-16(22)7-19-17(23)9-25-8-13-11(2)21-24-12(13)3/h4-6H,7-9H2,1-3H3,(H,19,23)(H,20,22). The van der Waals surface area contributed by atoms with E-state index in [4.69, 9.17) is 16.1 Å². The smallest absolute Gasteiger partial charge is 0.243 e. The minimum absolute atomic E-state index is 0.0866. The Bertz CT molecular complexity index is 757. The molecular formula is C17H20ClN3O3S. The summed E-state index contributed by atoms with van der Waals surface area (Å²) in [5, 5.41) is 9.79. The summed E-state index contributed by atoms with van der Waals surface area (Å²) in [6.45, 7) is 5.45. The lowest BCUT2D eigenvalue weighted by Gasteiger charge is -2.10. The van der Waals surface area contributed by atoms with Gasteiger partial charge in [0.15, 0.2) is 0 Å². The van der Waals surface area contributed by atoms with Gasteiger partial charge in [0.05, 0.1) is 18.0 Å². The fourth-order valence-electron chi connectivity index (χ4n) is 2.12. The molecule has 2 amide bonds. The molecule has 25 heavy (non-hydrogen) atoms. The zero-order valence-corrected chi connectivity index (χ0v) is 15.9. The summed E-state index contributed by atoms with van der Waals surface area (Å²) in [5.41, 5.74) is 3.27. The lowest BCUT2D eigenvalue weighted by molar-refractivity contribution is -0.122. The third kappa shape index (κ3) is 5.51. The lowest BCUT2D eigenvalue weighted by Crippen LogP contribution is -2.34. The van der Waals surface area contributed by atoms with Gasteiger partial charge in [0.2, 0.25) is 11.8 Å². The zero-order valence-electron chi connectivity index (χ0n) is 14.3. The largest absolute Gasteiger partial charge is 0.361 e. The number of hydrogen-bond donors (Lipinski definition) is 2. The van der Waals surface area contributed by atoms with Crippen LogP contribution in [-0.4, -0.2) is 29.3 Å². The molecule has 0 fully saturated rings. The average Bonchev–Trinajstić information content (AvgIpc) is 2.89. The Morgan fingerprint density at radius 1 is 1.24 bits per heavy atom. The van der Waals surface area contributed by atoms with Gasteiger partial charge < -0.3 is 15.2 Å². The number of benzene rings is 1. The first-order valence-electron chi connectivity index (χ1n) is 7.69. The van der Waals surface area contributed by atoms with E-state index in [1.807, 2.05) is 20.8 Å². The molecule has 0 atom stereocenters. The average molecular weight is 382 g/mol. The van der Waals surface area contributed by atoms with E-state index in [9.17, 15) is 9.59 Å². The molecule has 0 radical (unpaired) electrons. The summed E-state index contributed by atoms with van der Waals surface area (Å²) in [6, 6.07) is 5.28. The Kier molecular flexibility index (Phi) is 6.90. The molecule has 1 aromatic carbocycles. The first-order chi connectivity index (χ1) is 11.9. The van der Waals surface area contributed by atoms with Crippen LogP contribution in [0.4, 0.5) is 5.69 Å². The van der Waals surface area contributed by atoms with E-state index in [-0.39, 0.29) is 24.1 Å². The van der Waals surface area contributed by atoms with E-state index < -0.39 is 0 Å². The van der Waals surface area contributed by atoms with Gasteiger partial charge in [-0.05, 0) is 38.5 Å². The number of nitrogens with zero attached hydrogens (tertiary/aromatic N) is 1. The van der Waals surface area contributed by atoms with Gasteiger partial charge in [-0.3, -0.25) is 9.59 Å². The molecule has 0 aliphatic rings. The molecule has 0 saturated heterocycles. The maximum Gasteiger partial charge on any atom is 0.243 e. The van der Waals surface area contributed by atoms with Crippen molar-refractivity contribution in [3.05, 3.63) is 45.8 Å². The minimum atomic E-state index is -0.297. The van der Waals surface area contributed by atoms with Gasteiger partial charge in [0.25, 0.3) is 0 Å². The van der Waals surface area contributed by atoms with Gasteiger partial charge in [-0.15, -0.1) is 11.8 Å². The molecule has 2 aromatic rings. The van der Waals surface area contributed by atoms with E-state index in [1.54, 1.807) is 18.2 Å². The number of rotatable bonds is 7. The number of amides is 2. The zero-order chi connectivity index (χ0) is 18.4. The molecular weight excluding hydrogens is 362 g/mol. The molecule has 1 aromatic heterocycles. The van der Waals surface area contributed by atoms with Crippen molar-refractivity contribution in [1.29, 1.82) is 0 Å². The molecule has 0 bridgehead atoms. The van der Waals surface area contributed by atoms with Crippen molar-refractivity contribution in [2.24, 2.45) is 0 Å². The van der Waals surface area contributed by atoms with E-state index in [2.05, 4.69) is 15.8 Å². The van der Waals surface area contributed by atoms with Gasteiger partial charge in [-0.2, -0.15) is 0 Å². The lowest BCUT2D eigenvalue weighted by atomic mass is 10.2. The van der Waals surface area contributed by atoms with Crippen LogP contribution in [0.2, 0.25) is 5.02 Å². The van der Waals surface area contributed by atoms with E-state index in [1.165, 1.54) is 11.8 Å². The SMILES string of the molecule is Cc1noc(C)c1CSCC(=O)NCC(=O)Nc1cccc(Cl)c1C. The number of nitrogens with one attached hydrogen (secondary N) is 2. The summed E-state index contributed by atoms with van der Waals surface area (Å²) in [6.07, 6.45) is 0. The minimum Gasteiger partial charge on any atom is -0.361 e. The van der Waals surface area contributed by atoms with Gasteiger partial charge in [-0.1, -0.05) is 22.8 Å². The van der Waals surface area contributed by atoms with E-state index >= 15 is 0 Å². The molecule has 2 N–H and O–H groups in total. The molecule has 0 saturated carbocycles. The Labute approximate surface area is 155 Å². The molecule has 6 nitrogen and oxygen atoms in total. The Morgan fingerprint density at radius 3 is 2.68 bits per heavy atom. The van der Waals surface area contributed by atoms with Crippen molar-refractivity contribution in [3.8, 4) is 0 Å². The predicted molar refractivity (Wildman–Crippen MR) is 100.0 cm³/mol. The highest BCUT2D eigenvalue weighted by atomic mass is 35.5. The first kappa shape index (κ1) is 19.3. The van der Waals surface area contributed by atoms with Gasteiger partial charge >= 0.3 is 0 Å². The van der Waals surface area contributed by atoms with Crippen LogP contribution in [0.3, 0.4) is 0 Å². The van der Waals surface area contributed by atoms with Crippen molar-refractivity contribution in [3.63, 3.8) is 0 Å². The van der Waals surface area contributed by atoms with Crippen molar-refractivity contribution in [1.82, 2.24) is 10.5 Å². The van der Waals surface area contributed by atoms with Crippen LogP contribution in [0.15, 0.2) is 22.7 Å². The van der Waals surface area contributed by atoms with Crippen LogP contribution < -0.4 is 10.6 Å². The molecule has 0 spiro atoms. The quantitative estimate of drug-likeness (QED) is 0.769. The van der Waals surface area contributed by atoms with Crippen LogP contribution in [0.25, 0.3) is 0 Å². The second-order valence-corrected chi connectivity index (χ2v) is 6.93. The normalized spacial score (nSPS) is 10.6. The van der Waals surface area contributed by atoms with Crippen LogP contribution >= 0.6 is 23.4 Å². The number of aryl methyl sites for hydroxylation is 2. The molecule has 1 heterocycles. The van der Waals surface area contributed by atoms with Gasteiger partial charge in [0.1, 0.15) is 5.76 Å². The molecule has 0 aliphatic heterocycles. The number of halogens is 1. The van der Waals surface area contributed by atoms with Gasteiger partial charge in [0, 0.05) is 22.0 Å². The maximum absolute atomic E-state index is 11.9. The third-order valence-corrected chi connectivity index (χ3v) is 5.02. The van der Waals surface area contributed by atoms with Crippen molar-refractivity contribution < 1.29 is 14.1 Å². The number of aromatic nitrogens is 1. The molecule has 8 heteroatoms. The number of hydrogen-bond acceptors (Lipinski definition) is 5. The fraction of sp³-hybridized carbons (Fsp3) is 0.353. The molecule has 2 rings (SSSR count). The first-order valence-corrected chi connectivity index (χ1v) is 9.23. The van der Waals surface area contributed by atoms with Crippen LogP contribution in [-0.2, 0) is 15.3 Å². The number of thioether (sulfide) groups is 1. The van der Waals surface area contributed by atoms with Crippen molar-refractivity contribution in [2.75, 3.05) is 17.6 Å². The third-order valence-electron chi connectivity index (χ3n) is 3.65. The van der Waals surface area contributed by atoms with E-state index in [0.29, 0.717) is 16.5 Å². The summed E-state index contributed by atoms with van der Waals surface area (Å²) in [7, 11) is 0. The Balaban J connectivity index is 1.72. The number of carbonyl (C=O) groups excluding carboxylic acids is 2. The fourth-order valence-corrected chi connectivity index (χ4v) is 3.30. The number of carbonyl (C=O) groups is 2. The van der Waals surface area contributed by atoms with Gasteiger partial charge in [-0.25, -0.2) is 0 Å². The summed E-state index contributed by atoms with van der Waals surface area (Å²) in [4.78, 5) is 23.8.